The maximum Gasteiger partial charge on any atom is 0.269 e. The molecular formula is C20H20N4O3. The molecule has 1 N–H and O–H groups in total. The molecule has 3 aromatic rings. The van der Waals surface area contributed by atoms with E-state index in [9.17, 15) is 14.9 Å². The van der Waals surface area contributed by atoms with Crippen molar-refractivity contribution in [3.05, 3.63) is 64.2 Å². The van der Waals surface area contributed by atoms with Crippen molar-refractivity contribution in [1.29, 1.82) is 0 Å². The molecule has 0 atom stereocenters. The number of nitrogens with one attached hydrogen (secondary N) is 1. The molecule has 1 fully saturated rings. The molecule has 0 unspecified atom stereocenters. The average molecular weight is 364 g/mol. The molecule has 1 aliphatic rings. The number of anilines is 1. The van der Waals surface area contributed by atoms with Gasteiger partial charge < -0.3 is 4.57 Å². The van der Waals surface area contributed by atoms with Crippen LogP contribution < -0.4 is 5.32 Å². The van der Waals surface area contributed by atoms with Crippen molar-refractivity contribution >= 4 is 28.6 Å². The number of fused-ring (bicyclic) bond motifs is 1. The highest BCUT2D eigenvalue weighted by Crippen LogP contribution is 2.34. The van der Waals surface area contributed by atoms with Gasteiger partial charge in [0.15, 0.2) is 0 Å². The Bertz CT molecular complexity index is 988. The van der Waals surface area contributed by atoms with E-state index in [1.54, 1.807) is 0 Å². The van der Waals surface area contributed by atoms with E-state index in [-0.39, 0.29) is 11.6 Å². The number of nitrogens with zero attached hydrogens (tertiary/aromatic N) is 3. The molecule has 1 amide bonds. The molecule has 2 aromatic carbocycles. The van der Waals surface area contributed by atoms with Crippen LogP contribution in [0.15, 0.2) is 48.5 Å². The van der Waals surface area contributed by atoms with Gasteiger partial charge in [0.25, 0.3) is 11.6 Å². The first kappa shape index (κ1) is 17.2. The highest BCUT2D eigenvalue weighted by Gasteiger charge is 2.22. The van der Waals surface area contributed by atoms with Crippen molar-refractivity contribution in [2.24, 2.45) is 0 Å². The van der Waals surface area contributed by atoms with Crippen molar-refractivity contribution in [3.8, 4) is 0 Å². The highest BCUT2D eigenvalue weighted by molar-refractivity contribution is 6.04. The predicted molar refractivity (Wildman–Crippen MR) is 103 cm³/mol. The Morgan fingerprint density at radius 3 is 2.48 bits per heavy atom. The predicted octanol–water partition coefficient (Wildman–Crippen LogP) is 4.70. The Morgan fingerprint density at radius 1 is 1.07 bits per heavy atom. The molecule has 0 spiro atoms. The first-order valence-corrected chi connectivity index (χ1v) is 9.16. The van der Waals surface area contributed by atoms with Gasteiger partial charge in [-0.15, -0.1) is 0 Å². The van der Waals surface area contributed by atoms with Gasteiger partial charge in [-0.3, -0.25) is 20.2 Å². The van der Waals surface area contributed by atoms with Crippen molar-refractivity contribution in [2.75, 3.05) is 5.32 Å². The Morgan fingerprint density at radius 2 is 1.78 bits per heavy atom. The third kappa shape index (κ3) is 3.40. The lowest BCUT2D eigenvalue weighted by atomic mass is 9.95. The monoisotopic (exact) mass is 364 g/mol. The average Bonchev–Trinajstić information content (AvgIpc) is 3.06. The Labute approximate surface area is 156 Å². The van der Waals surface area contributed by atoms with E-state index in [1.807, 2.05) is 24.3 Å². The molecule has 7 heteroatoms. The van der Waals surface area contributed by atoms with Crippen LogP contribution in [-0.4, -0.2) is 20.4 Å². The smallest absolute Gasteiger partial charge is 0.269 e. The molecule has 1 saturated carbocycles. The lowest BCUT2D eigenvalue weighted by Crippen LogP contribution is -2.20. The van der Waals surface area contributed by atoms with Gasteiger partial charge in [-0.25, -0.2) is 4.98 Å². The standard InChI is InChI=1S/C20H20N4O3/c25-19(14-10-12-16(13-11-14)24(26)27)22-20-21-17-8-4-5-9-18(17)23(20)15-6-2-1-3-7-15/h4-5,8-13,15H,1-3,6-7H2,(H,21,22,25). The van der Waals surface area contributed by atoms with Crippen LogP contribution in [0.25, 0.3) is 11.0 Å². The lowest BCUT2D eigenvalue weighted by molar-refractivity contribution is -0.384. The lowest BCUT2D eigenvalue weighted by Gasteiger charge is -2.25. The summed E-state index contributed by atoms with van der Waals surface area (Å²) < 4.78 is 2.14. The number of para-hydroxylation sites is 2. The summed E-state index contributed by atoms with van der Waals surface area (Å²) in [7, 11) is 0. The number of amides is 1. The van der Waals surface area contributed by atoms with Crippen LogP contribution in [0.3, 0.4) is 0 Å². The van der Waals surface area contributed by atoms with E-state index in [0.717, 1.165) is 23.9 Å². The Balaban J connectivity index is 1.66. The van der Waals surface area contributed by atoms with Crippen molar-refractivity contribution in [2.45, 2.75) is 38.1 Å². The second kappa shape index (κ2) is 7.19. The summed E-state index contributed by atoms with van der Waals surface area (Å²) >= 11 is 0. The maximum absolute atomic E-state index is 12.7. The van der Waals surface area contributed by atoms with Crippen LogP contribution >= 0.6 is 0 Å². The minimum atomic E-state index is -0.482. The number of non-ortho nitro benzene ring substituents is 1. The number of rotatable bonds is 4. The van der Waals surface area contributed by atoms with Crippen molar-refractivity contribution in [3.63, 3.8) is 0 Å². The molecule has 0 aliphatic heterocycles. The van der Waals surface area contributed by atoms with Crippen LogP contribution in [0, 0.1) is 10.1 Å². The summed E-state index contributed by atoms with van der Waals surface area (Å²) in [6, 6.07) is 13.8. The molecule has 1 heterocycles. The Kier molecular flexibility index (Phi) is 4.58. The molecule has 1 aliphatic carbocycles. The summed E-state index contributed by atoms with van der Waals surface area (Å²) in [5, 5.41) is 13.7. The third-order valence-electron chi connectivity index (χ3n) is 5.10. The molecular weight excluding hydrogens is 344 g/mol. The number of imidazole rings is 1. The van der Waals surface area contributed by atoms with Gasteiger partial charge in [0.1, 0.15) is 0 Å². The van der Waals surface area contributed by atoms with Gasteiger partial charge >= 0.3 is 0 Å². The normalized spacial score (nSPS) is 15.0. The molecule has 138 valence electrons. The first-order chi connectivity index (χ1) is 13.1. The van der Waals surface area contributed by atoms with Crippen LogP contribution in [0.2, 0.25) is 0 Å². The summed E-state index contributed by atoms with van der Waals surface area (Å²) in [4.78, 5) is 27.6. The summed E-state index contributed by atoms with van der Waals surface area (Å²) in [5.74, 6) is 0.212. The zero-order valence-corrected chi connectivity index (χ0v) is 14.8. The molecule has 4 rings (SSSR count). The van der Waals surface area contributed by atoms with E-state index < -0.39 is 4.92 Å². The fourth-order valence-electron chi connectivity index (χ4n) is 3.75. The third-order valence-corrected chi connectivity index (χ3v) is 5.10. The number of hydrogen-bond donors (Lipinski definition) is 1. The highest BCUT2D eigenvalue weighted by atomic mass is 16.6. The number of aromatic nitrogens is 2. The quantitative estimate of drug-likeness (QED) is 0.536. The van der Waals surface area contributed by atoms with Gasteiger partial charge in [-0.2, -0.15) is 0 Å². The maximum atomic E-state index is 12.7. The van der Waals surface area contributed by atoms with E-state index in [1.165, 1.54) is 43.5 Å². The molecule has 27 heavy (non-hydrogen) atoms. The van der Waals surface area contributed by atoms with Crippen molar-refractivity contribution < 1.29 is 9.72 Å². The van der Waals surface area contributed by atoms with Gasteiger partial charge in [0.2, 0.25) is 5.95 Å². The summed E-state index contributed by atoms with van der Waals surface area (Å²) in [5.41, 5.74) is 2.19. The number of carbonyl (C=O) groups is 1. The topological polar surface area (TPSA) is 90.1 Å². The van der Waals surface area contributed by atoms with Gasteiger partial charge in [-0.05, 0) is 37.1 Å². The number of hydrogen-bond acceptors (Lipinski definition) is 4. The molecule has 0 radical (unpaired) electrons. The first-order valence-electron chi connectivity index (χ1n) is 9.16. The SMILES string of the molecule is O=C(Nc1nc2ccccc2n1C1CCCCC1)c1ccc([N+](=O)[O-])cc1. The number of nitro benzene ring substituents is 1. The molecule has 7 nitrogen and oxygen atoms in total. The van der Waals surface area contributed by atoms with E-state index in [4.69, 9.17) is 0 Å². The molecule has 0 bridgehead atoms. The molecule has 0 saturated heterocycles. The number of benzene rings is 2. The van der Waals surface area contributed by atoms with E-state index in [0.29, 0.717) is 17.6 Å². The second-order valence-electron chi connectivity index (χ2n) is 6.84. The minimum absolute atomic E-state index is 0.0407. The van der Waals surface area contributed by atoms with Crippen LogP contribution in [0.5, 0.6) is 0 Å². The zero-order chi connectivity index (χ0) is 18.8. The number of nitro groups is 1. The van der Waals surface area contributed by atoms with Crippen LogP contribution in [0.4, 0.5) is 11.6 Å². The van der Waals surface area contributed by atoms with Crippen LogP contribution in [0.1, 0.15) is 48.5 Å². The second-order valence-corrected chi connectivity index (χ2v) is 6.84. The van der Waals surface area contributed by atoms with E-state index >= 15 is 0 Å². The Hall–Kier alpha value is -3.22. The van der Waals surface area contributed by atoms with Crippen LogP contribution in [-0.2, 0) is 0 Å². The zero-order valence-electron chi connectivity index (χ0n) is 14.8. The summed E-state index contributed by atoms with van der Waals surface area (Å²) in [6.07, 6.45) is 5.73. The molecule has 1 aromatic heterocycles. The largest absolute Gasteiger partial charge is 0.307 e. The summed E-state index contributed by atoms with van der Waals surface area (Å²) in [6.45, 7) is 0. The fourth-order valence-corrected chi connectivity index (χ4v) is 3.75. The number of carbonyl (C=O) groups excluding carboxylic acids is 1. The van der Waals surface area contributed by atoms with Crippen molar-refractivity contribution in [1.82, 2.24) is 9.55 Å². The van der Waals surface area contributed by atoms with Gasteiger partial charge in [-0.1, -0.05) is 31.4 Å². The van der Waals surface area contributed by atoms with E-state index in [2.05, 4.69) is 14.9 Å². The minimum Gasteiger partial charge on any atom is -0.307 e. The van der Waals surface area contributed by atoms with Gasteiger partial charge in [0, 0.05) is 23.7 Å². The van der Waals surface area contributed by atoms with Gasteiger partial charge in [0.05, 0.1) is 16.0 Å². The fraction of sp³-hybridized carbons (Fsp3) is 0.300.